The fourth-order valence-corrected chi connectivity index (χ4v) is 4.93. The molecular weight excluding hydrogens is 589 g/mol. The first kappa shape index (κ1) is 29.6. The molecule has 0 fully saturated rings. The number of aromatic carboxylic acids is 1. The first-order chi connectivity index (χ1) is 20.7. The lowest BCUT2D eigenvalue weighted by Crippen LogP contribution is -2.30. The Morgan fingerprint density at radius 3 is 2.44 bits per heavy atom. The van der Waals surface area contributed by atoms with Crippen molar-refractivity contribution in [1.29, 1.82) is 0 Å². The molecule has 0 saturated carbocycles. The van der Waals surface area contributed by atoms with Crippen LogP contribution in [0, 0.1) is 18.8 Å². The summed E-state index contributed by atoms with van der Waals surface area (Å²) in [5.74, 6) is 5.05. The lowest BCUT2D eigenvalue weighted by molar-refractivity contribution is -0.123. The van der Waals surface area contributed by atoms with Crippen molar-refractivity contribution in [1.82, 2.24) is 5.32 Å². The van der Waals surface area contributed by atoms with Gasteiger partial charge in [-0.2, -0.15) is 0 Å². The minimum Gasteiger partial charge on any atom is -0.507 e. The maximum absolute atomic E-state index is 12.3. The average molecular weight is 614 g/mol. The molecule has 1 amide bonds. The van der Waals surface area contributed by atoms with Gasteiger partial charge in [0.15, 0.2) is 12.4 Å². The molecule has 216 valence electrons. The van der Waals surface area contributed by atoms with E-state index in [1.807, 2.05) is 25.1 Å². The molecule has 0 saturated heterocycles. The van der Waals surface area contributed by atoms with Gasteiger partial charge in [0.1, 0.15) is 22.6 Å². The van der Waals surface area contributed by atoms with Gasteiger partial charge in [-0.25, -0.2) is 4.79 Å². The van der Waals surface area contributed by atoms with Crippen LogP contribution < -0.4 is 10.1 Å². The number of carbonyl (C=O) groups is 2. The van der Waals surface area contributed by atoms with Gasteiger partial charge in [0.25, 0.3) is 5.91 Å². The highest BCUT2D eigenvalue weighted by Gasteiger charge is 2.20. The summed E-state index contributed by atoms with van der Waals surface area (Å²) in [5.41, 5.74) is 3.93. The van der Waals surface area contributed by atoms with E-state index < -0.39 is 11.7 Å². The van der Waals surface area contributed by atoms with Gasteiger partial charge in [0.2, 0.25) is 0 Å². The smallest absolute Gasteiger partial charge is 0.339 e. The summed E-state index contributed by atoms with van der Waals surface area (Å²) in [7, 11) is 0. The van der Waals surface area contributed by atoms with Gasteiger partial charge < -0.3 is 24.7 Å². The number of hydrogen-bond acceptors (Lipinski definition) is 5. The molecular formula is C34H25Cl2NO6. The van der Waals surface area contributed by atoms with E-state index in [1.165, 1.54) is 12.1 Å². The van der Waals surface area contributed by atoms with Gasteiger partial charge in [0, 0.05) is 39.2 Å². The number of rotatable bonds is 8. The number of carboxylic acids is 1. The quantitative estimate of drug-likeness (QED) is 0.159. The van der Waals surface area contributed by atoms with Crippen LogP contribution in [-0.2, 0) is 11.2 Å². The largest absolute Gasteiger partial charge is 0.507 e. The van der Waals surface area contributed by atoms with Crippen LogP contribution in [0.3, 0.4) is 0 Å². The predicted molar refractivity (Wildman–Crippen MR) is 166 cm³/mol. The van der Waals surface area contributed by atoms with E-state index in [0.29, 0.717) is 56.6 Å². The summed E-state index contributed by atoms with van der Waals surface area (Å²) in [6.07, 6.45) is 0.676. The van der Waals surface area contributed by atoms with Gasteiger partial charge in [0.05, 0.1) is 5.56 Å². The zero-order valence-electron chi connectivity index (χ0n) is 22.9. The van der Waals surface area contributed by atoms with Crippen LogP contribution in [0.15, 0.2) is 83.3 Å². The third kappa shape index (κ3) is 7.12. The van der Waals surface area contributed by atoms with E-state index in [-0.39, 0.29) is 23.7 Å². The van der Waals surface area contributed by atoms with Crippen LogP contribution in [0.1, 0.15) is 32.6 Å². The molecule has 4 aromatic carbocycles. The Balaban J connectivity index is 1.33. The molecule has 0 atom stereocenters. The van der Waals surface area contributed by atoms with Crippen LogP contribution in [0.25, 0.3) is 22.3 Å². The Hall–Kier alpha value is -4.90. The van der Waals surface area contributed by atoms with E-state index in [0.717, 1.165) is 11.1 Å². The predicted octanol–water partition coefficient (Wildman–Crippen LogP) is 7.26. The molecule has 7 nitrogen and oxygen atoms in total. The molecule has 0 aliphatic rings. The molecule has 43 heavy (non-hydrogen) atoms. The zero-order valence-corrected chi connectivity index (χ0v) is 24.4. The van der Waals surface area contributed by atoms with Crippen LogP contribution >= 0.6 is 23.2 Å². The minimum absolute atomic E-state index is 0.156. The number of benzene rings is 4. The molecule has 1 aromatic heterocycles. The van der Waals surface area contributed by atoms with Gasteiger partial charge in [-0.15, -0.1) is 0 Å². The topological polar surface area (TPSA) is 109 Å². The average Bonchev–Trinajstić information content (AvgIpc) is 3.33. The van der Waals surface area contributed by atoms with E-state index in [1.54, 1.807) is 48.5 Å². The highest BCUT2D eigenvalue weighted by molar-refractivity contribution is 6.31. The first-order valence-corrected chi connectivity index (χ1v) is 14.0. The molecule has 5 aromatic rings. The molecule has 1 heterocycles. The fourth-order valence-electron chi connectivity index (χ4n) is 4.51. The van der Waals surface area contributed by atoms with E-state index >= 15 is 0 Å². The van der Waals surface area contributed by atoms with Crippen molar-refractivity contribution in [3.63, 3.8) is 0 Å². The van der Waals surface area contributed by atoms with Crippen LogP contribution in [0.2, 0.25) is 10.0 Å². The van der Waals surface area contributed by atoms with E-state index in [4.69, 9.17) is 32.4 Å². The zero-order chi connectivity index (χ0) is 30.5. The number of fused-ring (bicyclic) bond motifs is 1. The fraction of sp³-hybridized carbons (Fsp3) is 0.118. The molecule has 0 unspecified atom stereocenters. The number of hydrogen-bond donors (Lipinski definition) is 3. The number of aryl methyl sites for hydroxylation is 1. The van der Waals surface area contributed by atoms with Crippen molar-refractivity contribution in [2.24, 2.45) is 0 Å². The molecule has 9 heteroatoms. The van der Waals surface area contributed by atoms with Crippen LogP contribution in [0.5, 0.6) is 11.5 Å². The van der Waals surface area contributed by atoms with Gasteiger partial charge in [-0.05, 0) is 85.1 Å². The number of halogens is 2. The highest BCUT2D eigenvalue weighted by Crippen LogP contribution is 2.37. The second kappa shape index (κ2) is 13.0. The SMILES string of the molecule is Cc1cc(Cl)ccc1CCNC(=O)COc1ccc(-c2oc3cc(O)c(C(=O)O)cc3c2C#Cc2cccc(Cl)c2)cc1. The Labute approximate surface area is 257 Å². The molecule has 0 aliphatic carbocycles. The summed E-state index contributed by atoms with van der Waals surface area (Å²) >= 11 is 12.1. The number of carboxylic acid groups (broad SMARTS) is 1. The standard InChI is InChI=1S/C34H25Cl2NO6/c1-20-15-25(36)9-6-22(20)13-14-37-32(39)19-42-26-10-7-23(8-11-26)33-27(12-5-21-3-2-4-24(35)16-21)28-17-29(34(40)41)30(38)18-31(28)43-33/h2-4,6-11,15-18,38H,13-14,19H2,1H3,(H,37,39)(H,40,41). The van der Waals surface area contributed by atoms with E-state index in [9.17, 15) is 19.8 Å². The van der Waals surface area contributed by atoms with Crippen molar-refractivity contribution in [2.75, 3.05) is 13.2 Å². The molecule has 0 spiro atoms. The summed E-state index contributed by atoms with van der Waals surface area (Å²) in [5, 5.41) is 24.2. The Morgan fingerprint density at radius 2 is 1.72 bits per heavy atom. The molecule has 0 aliphatic heterocycles. The summed E-state index contributed by atoms with van der Waals surface area (Å²) in [6, 6.07) is 22.2. The van der Waals surface area contributed by atoms with Crippen molar-refractivity contribution in [2.45, 2.75) is 13.3 Å². The number of amides is 1. The number of carbonyl (C=O) groups excluding carboxylic acids is 1. The summed E-state index contributed by atoms with van der Waals surface area (Å²) < 4.78 is 11.7. The second-order valence-corrected chi connectivity index (χ2v) is 10.6. The van der Waals surface area contributed by atoms with Gasteiger partial charge in [-0.1, -0.05) is 47.2 Å². The highest BCUT2D eigenvalue weighted by atomic mass is 35.5. The number of aromatic hydroxyl groups is 1. The number of ether oxygens (including phenoxy) is 1. The number of furan rings is 1. The second-order valence-electron chi connectivity index (χ2n) is 9.72. The normalized spacial score (nSPS) is 10.7. The summed E-state index contributed by atoms with van der Waals surface area (Å²) in [6.45, 7) is 2.29. The van der Waals surface area contributed by atoms with Gasteiger partial charge in [-0.3, -0.25) is 4.79 Å². The van der Waals surface area contributed by atoms with Crippen LogP contribution in [0.4, 0.5) is 0 Å². The van der Waals surface area contributed by atoms with Crippen molar-refractivity contribution >= 4 is 46.0 Å². The molecule has 3 N–H and O–H groups in total. The Bertz CT molecular complexity index is 1900. The van der Waals surface area contributed by atoms with Crippen molar-refractivity contribution in [3.05, 3.63) is 117 Å². The van der Waals surface area contributed by atoms with Crippen molar-refractivity contribution < 1.29 is 29.0 Å². The maximum atomic E-state index is 12.3. The third-order valence-corrected chi connectivity index (χ3v) is 7.17. The number of phenols is 1. The van der Waals surface area contributed by atoms with Crippen LogP contribution in [-0.4, -0.2) is 35.2 Å². The molecule has 0 bridgehead atoms. The van der Waals surface area contributed by atoms with Crippen molar-refractivity contribution in [3.8, 4) is 34.7 Å². The lowest BCUT2D eigenvalue weighted by Gasteiger charge is -2.09. The maximum Gasteiger partial charge on any atom is 0.339 e. The van der Waals surface area contributed by atoms with Gasteiger partial charge >= 0.3 is 5.97 Å². The third-order valence-electron chi connectivity index (χ3n) is 6.70. The first-order valence-electron chi connectivity index (χ1n) is 13.2. The molecule has 5 rings (SSSR count). The number of nitrogens with one attached hydrogen (secondary N) is 1. The summed E-state index contributed by atoms with van der Waals surface area (Å²) in [4.78, 5) is 24.0. The Morgan fingerprint density at radius 1 is 0.953 bits per heavy atom. The lowest BCUT2D eigenvalue weighted by atomic mass is 10.0. The minimum atomic E-state index is -1.28. The molecule has 0 radical (unpaired) electrons. The van der Waals surface area contributed by atoms with E-state index in [2.05, 4.69) is 17.2 Å². The monoisotopic (exact) mass is 613 g/mol. The Kier molecular flexibility index (Phi) is 8.91.